The SMILES string of the molecule is C#CCN(CC(=O)O)c1nccn(CC)c1=O. The zero-order valence-electron chi connectivity index (χ0n) is 9.46. The van der Waals surface area contributed by atoms with Crippen LogP contribution in [0.25, 0.3) is 0 Å². The predicted molar refractivity (Wildman–Crippen MR) is 62.9 cm³/mol. The van der Waals surface area contributed by atoms with Gasteiger partial charge in [0.05, 0.1) is 6.54 Å². The maximum Gasteiger partial charge on any atom is 0.323 e. The minimum absolute atomic E-state index is 0.0300. The Labute approximate surface area is 98.5 Å². The van der Waals surface area contributed by atoms with Gasteiger partial charge in [0, 0.05) is 18.9 Å². The largest absolute Gasteiger partial charge is 0.480 e. The van der Waals surface area contributed by atoms with E-state index in [0.29, 0.717) is 6.54 Å². The summed E-state index contributed by atoms with van der Waals surface area (Å²) in [6.07, 6.45) is 8.13. The van der Waals surface area contributed by atoms with Crippen molar-refractivity contribution in [1.82, 2.24) is 9.55 Å². The first kappa shape index (κ1) is 12.8. The third-order valence-electron chi connectivity index (χ3n) is 2.14. The lowest BCUT2D eigenvalue weighted by molar-refractivity contribution is -0.135. The molecule has 0 saturated heterocycles. The maximum atomic E-state index is 11.9. The maximum absolute atomic E-state index is 11.9. The van der Waals surface area contributed by atoms with Crippen LogP contribution in [0.1, 0.15) is 6.92 Å². The van der Waals surface area contributed by atoms with Crippen molar-refractivity contribution in [3.05, 3.63) is 22.7 Å². The van der Waals surface area contributed by atoms with Crippen LogP contribution in [0.3, 0.4) is 0 Å². The molecule has 6 heteroatoms. The molecule has 0 aliphatic carbocycles. The highest BCUT2D eigenvalue weighted by atomic mass is 16.4. The summed E-state index contributed by atoms with van der Waals surface area (Å²) in [6.45, 7) is 1.99. The number of aliphatic carboxylic acids is 1. The minimum atomic E-state index is -1.06. The molecule has 17 heavy (non-hydrogen) atoms. The van der Waals surface area contributed by atoms with E-state index in [9.17, 15) is 9.59 Å². The van der Waals surface area contributed by atoms with Gasteiger partial charge in [-0.2, -0.15) is 0 Å². The van der Waals surface area contributed by atoms with Crippen LogP contribution in [0.4, 0.5) is 5.82 Å². The standard InChI is InChI=1S/C11H13N3O3/c1-3-6-14(8-9(15)16)10-11(17)13(4-2)7-5-12-10/h1,5,7H,4,6,8H2,2H3,(H,15,16). The summed E-state index contributed by atoms with van der Waals surface area (Å²) in [4.78, 5) is 27.7. The van der Waals surface area contributed by atoms with E-state index >= 15 is 0 Å². The Morgan fingerprint density at radius 1 is 1.71 bits per heavy atom. The number of anilines is 1. The van der Waals surface area contributed by atoms with Crippen LogP contribution in [-0.2, 0) is 11.3 Å². The number of hydrogen-bond donors (Lipinski definition) is 1. The monoisotopic (exact) mass is 235 g/mol. The number of rotatable bonds is 5. The Hall–Kier alpha value is -2.29. The van der Waals surface area contributed by atoms with Crippen LogP contribution in [0, 0.1) is 12.3 Å². The van der Waals surface area contributed by atoms with Crippen LogP contribution < -0.4 is 10.5 Å². The smallest absolute Gasteiger partial charge is 0.323 e. The van der Waals surface area contributed by atoms with E-state index in [1.165, 1.54) is 15.7 Å². The molecule has 0 fully saturated rings. The van der Waals surface area contributed by atoms with Gasteiger partial charge in [-0.3, -0.25) is 9.59 Å². The van der Waals surface area contributed by atoms with Gasteiger partial charge in [0.2, 0.25) is 0 Å². The Morgan fingerprint density at radius 3 is 2.94 bits per heavy atom. The molecule has 0 saturated carbocycles. The van der Waals surface area contributed by atoms with Crippen molar-refractivity contribution in [3.8, 4) is 12.3 Å². The van der Waals surface area contributed by atoms with Gasteiger partial charge in [0.1, 0.15) is 6.54 Å². The van der Waals surface area contributed by atoms with Gasteiger partial charge in [0.15, 0.2) is 5.82 Å². The Kier molecular flexibility index (Phi) is 4.29. The van der Waals surface area contributed by atoms with Gasteiger partial charge in [-0.1, -0.05) is 5.92 Å². The summed E-state index contributed by atoms with van der Waals surface area (Å²) in [5, 5.41) is 8.74. The number of nitrogens with zero attached hydrogens (tertiary/aromatic N) is 3. The minimum Gasteiger partial charge on any atom is -0.480 e. The fraction of sp³-hybridized carbons (Fsp3) is 0.364. The lowest BCUT2D eigenvalue weighted by atomic mass is 10.4. The van der Waals surface area contributed by atoms with Crippen LogP contribution in [-0.4, -0.2) is 33.7 Å². The topological polar surface area (TPSA) is 75.4 Å². The number of carbonyl (C=O) groups is 1. The first-order valence-corrected chi connectivity index (χ1v) is 5.05. The second-order valence-corrected chi connectivity index (χ2v) is 3.30. The highest BCUT2D eigenvalue weighted by molar-refractivity contribution is 5.73. The molecule has 0 radical (unpaired) electrons. The number of aromatic nitrogens is 2. The lowest BCUT2D eigenvalue weighted by Crippen LogP contribution is -2.37. The van der Waals surface area contributed by atoms with Crippen molar-refractivity contribution < 1.29 is 9.90 Å². The van der Waals surface area contributed by atoms with Gasteiger partial charge < -0.3 is 14.6 Å². The van der Waals surface area contributed by atoms with Crippen molar-refractivity contribution in [3.63, 3.8) is 0 Å². The van der Waals surface area contributed by atoms with Crippen molar-refractivity contribution in [1.29, 1.82) is 0 Å². The number of hydrogen-bond acceptors (Lipinski definition) is 4. The highest BCUT2D eigenvalue weighted by Crippen LogP contribution is 2.02. The Balaban J connectivity index is 3.14. The fourth-order valence-electron chi connectivity index (χ4n) is 1.38. The molecular weight excluding hydrogens is 222 g/mol. The molecule has 0 bridgehead atoms. The molecule has 0 spiro atoms. The zero-order valence-corrected chi connectivity index (χ0v) is 9.46. The van der Waals surface area contributed by atoms with Gasteiger partial charge in [-0.05, 0) is 6.92 Å². The summed E-state index contributed by atoms with van der Waals surface area (Å²) in [5.41, 5.74) is -0.341. The Morgan fingerprint density at radius 2 is 2.41 bits per heavy atom. The molecule has 0 aromatic carbocycles. The number of terminal acetylenes is 1. The Bertz CT molecular complexity index is 501. The van der Waals surface area contributed by atoms with Crippen LogP contribution >= 0.6 is 0 Å². The summed E-state index contributed by atoms with van der Waals surface area (Å²) >= 11 is 0. The zero-order chi connectivity index (χ0) is 12.8. The van der Waals surface area contributed by atoms with E-state index in [1.807, 2.05) is 6.92 Å². The third-order valence-corrected chi connectivity index (χ3v) is 2.14. The molecule has 1 rings (SSSR count). The van der Waals surface area contributed by atoms with Gasteiger partial charge >= 0.3 is 5.97 Å². The highest BCUT2D eigenvalue weighted by Gasteiger charge is 2.15. The average Bonchev–Trinajstić information content (AvgIpc) is 2.28. The molecule has 0 aliphatic heterocycles. The average molecular weight is 235 g/mol. The normalized spacial score (nSPS) is 9.65. The van der Waals surface area contributed by atoms with E-state index in [2.05, 4.69) is 10.9 Å². The van der Waals surface area contributed by atoms with Crippen LogP contribution in [0.2, 0.25) is 0 Å². The van der Waals surface area contributed by atoms with E-state index in [4.69, 9.17) is 11.5 Å². The number of aryl methyl sites for hydroxylation is 1. The first-order chi connectivity index (χ1) is 8.10. The molecule has 1 aromatic heterocycles. The summed E-state index contributed by atoms with van der Waals surface area (Å²) in [5.74, 6) is 1.31. The van der Waals surface area contributed by atoms with Crippen LogP contribution in [0.15, 0.2) is 17.2 Å². The van der Waals surface area contributed by atoms with E-state index in [-0.39, 0.29) is 24.5 Å². The lowest BCUT2D eigenvalue weighted by Gasteiger charge is -2.18. The molecule has 1 aromatic rings. The number of carboxylic acid groups (broad SMARTS) is 1. The van der Waals surface area contributed by atoms with E-state index in [1.54, 1.807) is 6.20 Å². The molecular formula is C11H13N3O3. The van der Waals surface area contributed by atoms with Crippen molar-refractivity contribution in [2.45, 2.75) is 13.5 Å². The molecule has 0 aliphatic rings. The van der Waals surface area contributed by atoms with Crippen LogP contribution in [0.5, 0.6) is 0 Å². The molecule has 0 amide bonds. The van der Waals surface area contributed by atoms with Crippen molar-refractivity contribution in [2.75, 3.05) is 18.0 Å². The summed E-state index contributed by atoms with van der Waals surface area (Å²) in [6, 6.07) is 0. The quantitative estimate of drug-likeness (QED) is 0.714. The molecule has 0 unspecified atom stereocenters. The molecule has 1 N–H and O–H groups in total. The first-order valence-electron chi connectivity index (χ1n) is 5.05. The summed E-state index contributed by atoms with van der Waals surface area (Å²) in [7, 11) is 0. The number of carboxylic acids is 1. The molecule has 90 valence electrons. The second kappa shape index (κ2) is 5.70. The van der Waals surface area contributed by atoms with Gasteiger partial charge in [-0.25, -0.2) is 4.98 Å². The molecule has 0 atom stereocenters. The van der Waals surface area contributed by atoms with E-state index < -0.39 is 5.97 Å². The molecule has 1 heterocycles. The van der Waals surface area contributed by atoms with Crippen molar-refractivity contribution >= 4 is 11.8 Å². The fourth-order valence-corrected chi connectivity index (χ4v) is 1.38. The molecule has 6 nitrogen and oxygen atoms in total. The van der Waals surface area contributed by atoms with Gasteiger partial charge in [0.25, 0.3) is 5.56 Å². The third kappa shape index (κ3) is 3.08. The summed E-state index contributed by atoms with van der Waals surface area (Å²) < 4.78 is 1.44. The van der Waals surface area contributed by atoms with Gasteiger partial charge in [-0.15, -0.1) is 6.42 Å². The van der Waals surface area contributed by atoms with Crippen molar-refractivity contribution in [2.24, 2.45) is 0 Å². The predicted octanol–water partition coefficient (Wildman–Crippen LogP) is -0.213. The second-order valence-electron chi connectivity index (χ2n) is 3.30. The van der Waals surface area contributed by atoms with E-state index in [0.717, 1.165) is 0 Å².